The fraction of sp³-hybridized carbons (Fsp3) is 0.200. The predicted molar refractivity (Wildman–Crippen MR) is 73.1 cm³/mol. The summed E-state index contributed by atoms with van der Waals surface area (Å²) in [6, 6.07) is 6.59. The van der Waals surface area contributed by atoms with Crippen molar-refractivity contribution in [1.82, 2.24) is 0 Å². The number of benzene rings is 1. The first kappa shape index (κ1) is 14.5. The molecule has 0 aliphatic carbocycles. The van der Waals surface area contributed by atoms with Crippen molar-refractivity contribution in [3.8, 4) is 0 Å². The summed E-state index contributed by atoms with van der Waals surface area (Å²) >= 11 is 11.7. The Bertz CT molecular complexity index is 441. The van der Waals surface area contributed by atoms with E-state index in [-0.39, 0.29) is 0 Å². The summed E-state index contributed by atoms with van der Waals surface area (Å²) in [6.07, 6.45) is 0. The second-order valence-electron chi connectivity index (χ2n) is 3.14. The molecular formula is C10H8Br2ClNO3. The highest BCUT2D eigenvalue weighted by Gasteiger charge is 2.29. The zero-order valence-corrected chi connectivity index (χ0v) is 12.3. The number of halogens is 3. The molecule has 0 aromatic heterocycles. The molecule has 1 rings (SSSR count). The summed E-state index contributed by atoms with van der Waals surface area (Å²) < 4.78 is 0. The van der Waals surface area contributed by atoms with Gasteiger partial charge in [-0.1, -0.05) is 49.5 Å². The third kappa shape index (κ3) is 4.29. The van der Waals surface area contributed by atoms with E-state index in [1.165, 1.54) is 0 Å². The molecule has 0 fully saturated rings. The Kier molecular flexibility index (Phi) is 5.42. The number of nitrogens with one attached hydrogen (secondary N) is 1. The van der Waals surface area contributed by atoms with Gasteiger partial charge in [0.15, 0.2) is 0 Å². The van der Waals surface area contributed by atoms with Crippen molar-refractivity contribution >= 4 is 61.0 Å². The summed E-state index contributed by atoms with van der Waals surface area (Å²) in [5, 5.41) is 11.8. The van der Waals surface area contributed by atoms with Crippen molar-refractivity contribution in [2.45, 2.75) is 9.65 Å². The third-order valence-electron chi connectivity index (χ3n) is 1.84. The number of carbonyl (C=O) groups excluding carboxylic acids is 1. The maximum Gasteiger partial charge on any atom is 0.318 e. The molecule has 0 saturated heterocycles. The highest BCUT2D eigenvalue weighted by Crippen LogP contribution is 2.19. The minimum atomic E-state index is -1.12. The number of carboxylic acid groups (broad SMARTS) is 1. The SMILES string of the molecule is O=C(Nc1cccc(Cl)c1)[C@@H](Br)[C@@H](Br)C(=O)O. The lowest BCUT2D eigenvalue weighted by molar-refractivity contribution is -0.137. The molecule has 2 N–H and O–H groups in total. The molecule has 1 amide bonds. The van der Waals surface area contributed by atoms with Crippen LogP contribution < -0.4 is 5.32 Å². The molecular weight excluding hydrogens is 377 g/mol. The smallest absolute Gasteiger partial charge is 0.318 e. The second kappa shape index (κ2) is 6.37. The topological polar surface area (TPSA) is 66.4 Å². The van der Waals surface area contributed by atoms with E-state index in [0.717, 1.165) is 0 Å². The molecule has 92 valence electrons. The van der Waals surface area contributed by atoms with Crippen LogP contribution in [-0.2, 0) is 9.59 Å². The molecule has 1 aromatic rings. The monoisotopic (exact) mass is 383 g/mol. The van der Waals surface area contributed by atoms with E-state index in [1.54, 1.807) is 24.3 Å². The fourth-order valence-electron chi connectivity index (χ4n) is 1.04. The molecule has 0 unspecified atom stereocenters. The van der Waals surface area contributed by atoms with Gasteiger partial charge in [-0.3, -0.25) is 9.59 Å². The van der Waals surface area contributed by atoms with Gasteiger partial charge in [-0.25, -0.2) is 0 Å². The van der Waals surface area contributed by atoms with Crippen LogP contribution in [0, 0.1) is 0 Å². The average Bonchev–Trinajstić information content (AvgIpc) is 2.26. The fourth-order valence-corrected chi connectivity index (χ4v) is 1.81. The maximum atomic E-state index is 11.7. The molecule has 1 aromatic carbocycles. The number of rotatable bonds is 4. The number of aliphatic carboxylic acids is 1. The first-order chi connectivity index (χ1) is 7.91. The van der Waals surface area contributed by atoms with Gasteiger partial charge in [-0.15, -0.1) is 0 Å². The van der Waals surface area contributed by atoms with E-state index >= 15 is 0 Å². The van der Waals surface area contributed by atoms with Gasteiger partial charge in [0.05, 0.1) is 0 Å². The molecule has 0 spiro atoms. The first-order valence-corrected chi connectivity index (χ1v) is 6.70. The van der Waals surface area contributed by atoms with E-state index in [4.69, 9.17) is 16.7 Å². The normalized spacial score (nSPS) is 13.8. The van der Waals surface area contributed by atoms with Crippen molar-refractivity contribution in [3.05, 3.63) is 29.3 Å². The van der Waals surface area contributed by atoms with E-state index in [2.05, 4.69) is 37.2 Å². The van der Waals surface area contributed by atoms with Gasteiger partial charge in [0, 0.05) is 10.7 Å². The summed E-state index contributed by atoms with van der Waals surface area (Å²) in [7, 11) is 0. The quantitative estimate of drug-likeness (QED) is 0.784. The molecule has 4 nitrogen and oxygen atoms in total. The highest BCUT2D eigenvalue weighted by atomic mass is 79.9. The van der Waals surface area contributed by atoms with E-state index < -0.39 is 21.5 Å². The predicted octanol–water partition coefficient (Wildman–Crippen LogP) is 2.89. The standard InChI is InChI=1S/C10H8Br2ClNO3/c11-7(8(12)10(16)17)9(15)14-6-3-1-2-5(13)4-6/h1-4,7-8H,(H,14,15)(H,16,17)/t7-,8+/m0/s1. The van der Waals surface area contributed by atoms with Crippen molar-refractivity contribution in [3.63, 3.8) is 0 Å². The molecule has 0 saturated carbocycles. The number of amides is 1. The van der Waals surface area contributed by atoms with Crippen LogP contribution in [0.5, 0.6) is 0 Å². The lowest BCUT2D eigenvalue weighted by atomic mass is 10.2. The van der Waals surface area contributed by atoms with Gasteiger partial charge < -0.3 is 10.4 Å². The Labute approximate surface area is 120 Å². The number of hydrogen-bond donors (Lipinski definition) is 2. The van der Waals surface area contributed by atoms with Crippen LogP contribution >= 0.6 is 43.5 Å². The van der Waals surface area contributed by atoms with Gasteiger partial charge >= 0.3 is 5.97 Å². The van der Waals surface area contributed by atoms with Crippen LogP contribution in [0.25, 0.3) is 0 Å². The van der Waals surface area contributed by atoms with Crippen LogP contribution in [-0.4, -0.2) is 26.6 Å². The lowest BCUT2D eigenvalue weighted by Crippen LogP contribution is -2.34. The average molecular weight is 385 g/mol. The largest absolute Gasteiger partial charge is 0.480 e. The third-order valence-corrected chi connectivity index (χ3v) is 4.64. The maximum absolute atomic E-state index is 11.7. The zero-order chi connectivity index (χ0) is 13.0. The Morgan fingerprint density at radius 1 is 1.29 bits per heavy atom. The van der Waals surface area contributed by atoms with Gasteiger partial charge in [0.2, 0.25) is 5.91 Å². The van der Waals surface area contributed by atoms with Crippen LogP contribution in [0.2, 0.25) is 5.02 Å². The van der Waals surface area contributed by atoms with Crippen LogP contribution in [0.3, 0.4) is 0 Å². The van der Waals surface area contributed by atoms with Gasteiger partial charge in [0.1, 0.15) is 9.65 Å². The number of carboxylic acids is 1. The number of hydrogen-bond acceptors (Lipinski definition) is 2. The Balaban J connectivity index is 2.69. The molecule has 7 heteroatoms. The van der Waals surface area contributed by atoms with Gasteiger partial charge in [-0.2, -0.15) is 0 Å². The van der Waals surface area contributed by atoms with Crippen LogP contribution in [0.1, 0.15) is 0 Å². The summed E-state index contributed by atoms with van der Waals surface area (Å²) in [6.45, 7) is 0. The summed E-state index contributed by atoms with van der Waals surface area (Å²) in [5.74, 6) is -1.58. The first-order valence-electron chi connectivity index (χ1n) is 4.49. The highest BCUT2D eigenvalue weighted by molar-refractivity contribution is 9.12. The van der Waals surface area contributed by atoms with Crippen LogP contribution in [0.4, 0.5) is 5.69 Å². The summed E-state index contributed by atoms with van der Waals surface area (Å²) in [5.41, 5.74) is 0.511. The van der Waals surface area contributed by atoms with Crippen LogP contribution in [0.15, 0.2) is 24.3 Å². The molecule has 0 bridgehead atoms. The second-order valence-corrected chi connectivity index (χ2v) is 5.55. The lowest BCUT2D eigenvalue weighted by Gasteiger charge is -2.13. The number of alkyl halides is 2. The van der Waals surface area contributed by atoms with E-state index in [1.807, 2.05) is 0 Å². The van der Waals surface area contributed by atoms with Crippen molar-refractivity contribution in [2.75, 3.05) is 5.32 Å². The van der Waals surface area contributed by atoms with Crippen molar-refractivity contribution in [2.24, 2.45) is 0 Å². The Morgan fingerprint density at radius 3 is 2.47 bits per heavy atom. The molecule has 0 aliphatic rings. The Hall–Kier alpha value is -0.590. The molecule has 0 aliphatic heterocycles. The number of carbonyl (C=O) groups is 2. The zero-order valence-electron chi connectivity index (χ0n) is 8.36. The molecule has 17 heavy (non-hydrogen) atoms. The van der Waals surface area contributed by atoms with Gasteiger partial charge in [0.25, 0.3) is 0 Å². The summed E-state index contributed by atoms with van der Waals surface area (Å²) in [4.78, 5) is 20.5. The molecule has 0 radical (unpaired) electrons. The minimum Gasteiger partial charge on any atom is -0.480 e. The van der Waals surface area contributed by atoms with Crippen molar-refractivity contribution in [1.29, 1.82) is 0 Å². The van der Waals surface area contributed by atoms with Gasteiger partial charge in [-0.05, 0) is 18.2 Å². The van der Waals surface area contributed by atoms with E-state index in [0.29, 0.717) is 10.7 Å². The van der Waals surface area contributed by atoms with E-state index in [9.17, 15) is 9.59 Å². The molecule has 2 atom stereocenters. The van der Waals surface area contributed by atoms with Crippen molar-refractivity contribution < 1.29 is 14.7 Å². The molecule has 0 heterocycles. The Morgan fingerprint density at radius 2 is 1.94 bits per heavy atom. The minimum absolute atomic E-state index is 0.462. The number of anilines is 1.